The molecule has 2 rings (SSSR count). The van der Waals surface area contributed by atoms with Gasteiger partial charge in [0.15, 0.2) is 0 Å². The average molecular weight is 179 g/mol. The highest BCUT2D eigenvalue weighted by Crippen LogP contribution is 2.41. The van der Waals surface area contributed by atoms with E-state index in [2.05, 4.69) is 16.3 Å². The van der Waals surface area contributed by atoms with E-state index in [1.165, 1.54) is 0 Å². The Balaban J connectivity index is 1.94. The van der Waals surface area contributed by atoms with Gasteiger partial charge in [0.25, 0.3) is 0 Å². The molecule has 0 atom stereocenters. The molecule has 0 saturated heterocycles. The van der Waals surface area contributed by atoms with Crippen molar-refractivity contribution >= 4 is 0 Å². The largest absolute Gasteiger partial charge is 0.434 e. The van der Waals surface area contributed by atoms with Gasteiger partial charge in [0.05, 0.1) is 6.07 Å². The number of nitrogens with zero attached hydrogens (tertiary/aromatic N) is 2. The summed E-state index contributed by atoms with van der Waals surface area (Å²) in [5, 5.41) is 14.4. The van der Waals surface area contributed by atoms with Crippen LogP contribution in [-0.2, 0) is 0 Å². The zero-order chi connectivity index (χ0) is 9.26. The number of nitrogens with one attached hydrogen (secondary N) is 1. The Morgan fingerprint density at radius 1 is 1.69 bits per heavy atom. The minimum absolute atomic E-state index is 0.234. The SMILES string of the molecule is N#CCC1CC(c2n[nH]c(=O)o2)C1. The van der Waals surface area contributed by atoms with E-state index >= 15 is 0 Å². The third-order valence-corrected chi connectivity index (χ3v) is 2.42. The van der Waals surface area contributed by atoms with Gasteiger partial charge >= 0.3 is 5.76 Å². The first-order chi connectivity index (χ1) is 6.29. The van der Waals surface area contributed by atoms with Gasteiger partial charge in [-0.25, -0.2) is 9.89 Å². The number of aromatic amines is 1. The first-order valence-electron chi connectivity index (χ1n) is 4.22. The Morgan fingerprint density at radius 2 is 2.46 bits per heavy atom. The van der Waals surface area contributed by atoms with Crippen LogP contribution in [0, 0.1) is 17.2 Å². The fourth-order valence-corrected chi connectivity index (χ4v) is 1.65. The molecule has 0 aromatic carbocycles. The molecule has 68 valence electrons. The summed E-state index contributed by atoms with van der Waals surface area (Å²) in [5.74, 6) is 0.673. The van der Waals surface area contributed by atoms with Crippen LogP contribution in [0.15, 0.2) is 9.21 Å². The first kappa shape index (κ1) is 8.05. The molecular weight excluding hydrogens is 170 g/mol. The molecule has 1 heterocycles. The molecule has 0 amide bonds. The van der Waals surface area contributed by atoms with Crippen molar-refractivity contribution in [3.05, 3.63) is 16.4 Å². The van der Waals surface area contributed by atoms with Crippen molar-refractivity contribution in [3.63, 3.8) is 0 Å². The maximum Gasteiger partial charge on any atom is 0.434 e. The summed E-state index contributed by atoms with van der Waals surface area (Å²) in [7, 11) is 0. The van der Waals surface area contributed by atoms with Gasteiger partial charge in [-0.15, -0.1) is 5.10 Å². The van der Waals surface area contributed by atoms with E-state index in [0.717, 1.165) is 12.8 Å². The number of aromatic nitrogens is 2. The van der Waals surface area contributed by atoms with Crippen LogP contribution >= 0.6 is 0 Å². The normalized spacial score (nSPS) is 26.4. The van der Waals surface area contributed by atoms with E-state index in [4.69, 9.17) is 9.68 Å². The van der Waals surface area contributed by atoms with Crippen molar-refractivity contribution in [2.24, 2.45) is 5.92 Å². The molecule has 5 heteroatoms. The molecule has 1 N–H and O–H groups in total. The standard InChI is InChI=1S/C8H9N3O2/c9-2-1-5-3-6(4-5)7-10-11-8(12)13-7/h5-6H,1,3-4H2,(H,11,12). The summed E-state index contributed by atoms with van der Waals surface area (Å²) in [4.78, 5) is 10.6. The predicted octanol–water partition coefficient (Wildman–Crippen LogP) is 0.770. The van der Waals surface area contributed by atoms with Crippen LogP contribution in [0.2, 0.25) is 0 Å². The smallest absolute Gasteiger partial charge is 0.392 e. The van der Waals surface area contributed by atoms with Crippen molar-refractivity contribution in [1.29, 1.82) is 5.26 Å². The van der Waals surface area contributed by atoms with Gasteiger partial charge in [0.1, 0.15) is 0 Å². The molecular formula is C8H9N3O2. The van der Waals surface area contributed by atoms with Gasteiger partial charge < -0.3 is 4.42 Å². The lowest BCUT2D eigenvalue weighted by molar-refractivity contribution is 0.228. The van der Waals surface area contributed by atoms with E-state index in [0.29, 0.717) is 18.2 Å². The summed E-state index contributed by atoms with van der Waals surface area (Å²) in [6.45, 7) is 0. The molecule has 5 nitrogen and oxygen atoms in total. The van der Waals surface area contributed by atoms with E-state index in [1.807, 2.05) is 0 Å². The molecule has 1 saturated carbocycles. The monoisotopic (exact) mass is 179 g/mol. The van der Waals surface area contributed by atoms with Crippen molar-refractivity contribution in [1.82, 2.24) is 10.2 Å². The third-order valence-electron chi connectivity index (χ3n) is 2.42. The molecule has 0 bridgehead atoms. The third kappa shape index (κ3) is 1.47. The zero-order valence-corrected chi connectivity index (χ0v) is 6.99. The van der Waals surface area contributed by atoms with Crippen molar-refractivity contribution in [2.75, 3.05) is 0 Å². The highest BCUT2D eigenvalue weighted by molar-refractivity contribution is 5.00. The number of nitriles is 1. The topological polar surface area (TPSA) is 82.7 Å². The highest BCUT2D eigenvalue weighted by atomic mass is 16.4. The zero-order valence-electron chi connectivity index (χ0n) is 6.99. The molecule has 1 fully saturated rings. The first-order valence-corrected chi connectivity index (χ1v) is 4.22. The molecule has 0 spiro atoms. The second-order valence-electron chi connectivity index (χ2n) is 3.35. The molecule has 13 heavy (non-hydrogen) atoms. The summed E-state index contributed by atoms with van der Waals surface area (Å²) >= 11 is 0. The lowest BCUT2D eigenvalue weighted by Crippen LogP contribution is -2.21. The van der Waals surface area contributed by atoms with E-state index in [9.17, 15) is 4.79 Å². The maximum absolute atomic E-state index is 10.6. The fourth-order valence-electron chi connectivity index (χ4n) is 1.65. The maximum atomic E-state index is 10.6. The number of hydrogen-bond donors (Lipinski definition) is 1. The van der Waals surface area contributed by atoms with Gasteiger partial charge in [-0.05, 0) is 18.8 Å². The van der Waals surface area contributed by atoms with Crippen LogP contribution in [0.25, 0.3) is 0 Å². The molecule has 0 aliphatic heterocycles. The number of rotatable bonds is 2. The van der Waals surface area contributed by atoms with Gasteiger partial charge in [-0.1, -0.05) is 0 Å². The minimum Gasteiger partial charge on any atom is -0.392 e. The molecule has 1 aliphatic rings. The Bertz CT molecular complexity index is 381. The number of hydrogen-bond acceptors (Lipinski definition) is 4. The quantitative estimate of drug-likeness (QED) is 0.726. The molecule has 1 aromatic heterocycles. The van der Waals surface area contributed by atoms with Gasteiger partial charge in [-0.2, -0.15) is 5.26 Å². The molecule has 1 aliphatic carbocycles. The van der Waals surface area contributed by atoms with Crippen LogP contribution < -0.4 is 5.76 Å². The van der Waals surface area contributed by atoms with E-state index in [1.54, 1.807) is 0 Å². The minimum atomic E-state index is -0.501. The Hall–Kier alpha value is -1.57. The highest BCUT2D eigenvalue weighted by Gasteiger charge is 2.33. The summed E-state index contributed by atoms with van der Waals surface area (Å²) < 4.78 is 4.81. The number of H-pyrrole nitrogens is 1. The molecule has 1 aromatic rings. The van der Waals surface area contributed by atoms with E-state index < -0.39 is 5.76 Å². The lowest BCUT2D eigenvalue weighted by Gasteiger charge is -2.30. The van der Waals surface area contributed by atoms with Crippen LogP contribution in [0.5, 0.6) is 0 Å². The van der Waals surface area contributed by atoms with Crippen LogP contribution in [0.1, 0.15) is 31.1 Å². The second-order valence-corrected chi connectivity index (χ2v) is 3.35. The van der Waals surface area contributed by atoms with Crippen molar-refractivity contribution in [3.8, 4) is 6.07 Å². The van der Waals surface area contributed by atoms with Crippen LogP contribution in [0.4, 0.5) is 0 Å². The van der Waals surface area contributed by atoms with Crippen molar-refractivity contribution in [2.45, 2.75) is 25.2 Å². The van der Waals surface area contributed by atoms with Gasteiger partial charge in [0.2, 0.25) is 5.89 Å². The van der Waals surface area contributed by atoms with Gasteiger partial charge in [0, 0.05) is 12.3 Å². The molecule has 0 radical (unpaired) electrons. The Labute approximate surface area is 74.4 Å². The van der Waals surface area contributed by atoms with E-state index in [-0.39, 0.29) is 5.92 Å². The Kier molecular flexibility index (Phi) is 1.89. The lowest BCUT2D eigenvalue weighted by atomic mass is 9.73. The summed E-state index contributed by atoms with van der Waals surface area (Å²) in [6.07, 6.45) is 2.40. The van der Waals surface area contributed by atoms with Crippen LogP contribution in [-0.4, -0.2) is 10.2 Å². The van der Waals surface area contributed by atoms with Gasteiger partial charge in [-0.3, -0.25) is 0 Å². The van der Waals surface area contributed by atoms with Crippen molar-refractivity contribution < 1.29 is 4.42 Å². The summed E-state index contributed by atoms with van der Waals surface area (Å²) in [5.41, 5.74) is 0. The second kappa shape index (κ2) is 3.05. The van der Waals surface area contributed by atoms with Crippen LogP contribution in [0.3, 0.4) is 0 Å². The fraction of sp³-hybridized carbons (Fsp3) is 0.625. The summed E-state index contributed by atoms with van der Waals surface area (Å²) in [6, 6.07) is 2.13. The predicted molar refractivity (Wildman–Crippen MR) is 42.8 cm³/mol. The average Bonchev–Trinajstić information content (AvgIpc) is 2.43. The Morgan fingerprint density at radius 3 is 3.00 bits per heavy atom. The molecule has 0 unspecified atom stereocenters.